The molecule has 3 aliphatic rings. The van der Waals surface area contributed by atoms with Crippen LogP contribution in [0, 0.1) is 16.7 Å². The molecule has 0 N–H and O–H groups in total. The number of hydrogen-bond donors (Lipinski definition) is 0. The van der Waals surface area contributed by atoms with Crippen LogP contribution in [-0.2, 0) is 14.3 Å². The van der Waals surface area contributed by atoms with Crippen LogP contribution in [0.25, 0.3) is 0 Å². The van der Waals surface area contributed by atoms with Crippen LogP contribution >= 0.6 is 0 Å². The van der Waals surface area contributed by atoms with Crippen molar-refractivity contribution < 1.29 is 23.5 Å². The quantitative estimate of drug-likeness (QED) is 0.475. The van der Waals surface area contributed by atoms with Crippen molar-refractivity contribution >= 4 is 11.9 Å². The Morgan fingerprint density at radius 1 is 1.10 bits per heavy atom. The van der Waals surface area contributed by atoms with E-state index >= 15 is 0 Å². The van der Waals surface area contributed by atoms with Crippen LogP contribution in [0.5, 0.6) is 0 Å². The number of furan rings is 1. The molecule has 2 fully saturated rings. The lowest BCUT2D eigenvalue weighted by Crippen LogP contribution is -2.51. The standard InChI is InChI=1S/C26H28O5/c1-25-11-8-19(30-23(27)17-6-4-3-5-7-17)14-22(25)26(2)15-21(18-10-13-29-16-18)31-24(28)20(26)9-12-25/h3-7,10,13-14,16,19-21H,8-9,11-12,15H2,1-2H3/t19-,20-,21-,25+,26-/m0/s1. The van der Waals surface area contributed by atoms with Gasteiger partial charge >= 0.3 is 11.9 Å². The fourth-order valence-corrected chi connectivity index (χ4v) is 5.97. The summed E-state index contributed by atoms with van der Waals surface area (Å²) in [7, 11) is 0. The van der Waals surface area contributed by atoms with Gasteiger partial charge in [0.25, 0.3) is 0 Å². The molecule has 2 heterocycles. The van der Waals surface area contributed by atoms with Gasteiger partial charge in [0, 0.05) is 11.0 Å². The molecular weight excluding hydrogens is 392 g/mol. The Kier molecular flexibility index (Phi) is 4.80. The monoisotopic (exact) mass is 420 g/mol. The lowest BCUT2D eigenvalue weighted by molar-refractivity contribution is -0.174. The number of cyclic esters (lactones) is 1. The zero-order valence-electron chi connectivity index (χ0n) is 18.0. The lowest BCUT2D eigenvalue weighted by atomic mass is 9.50. The average molecular weight is 421 g/mol. The van der Waals surface area contributed by atoms with Crippen molar-refractivity contribution in [2.75, 3.05) is 0 Å². The largest absolute Gasteiger partial charge is 0.472 e. The minimum absolute atomic E-state index is 0.0134. The molecule has 1 aliphatic heterocycles. The number of benzene rings is 1. The summed E-state index contributed by atoms with van der Waals surface area (Å²) in [5.41, 5.74) is 2.38. The summed E-state index contributed by atoms with van der Waals surface area (Å²) in [5, 5.41) is 0. The first-order chi connectivity index (χ1) is 14.9. The van der Waals surface area contributed by atoms with Gasteiger partial charge in [-0.2, -0.15) is 0 Å². The van der Waals surface area contributed by atoms with Gasteiger partial charge in [-0.25, -0.2) is 4.79 Å². The molecule has 31 heavy (non-hydrogen) atoms. The van der Waals surface area contributed by atoms with Crippen LogP contribution in [0.1, 0.15) is 68.0 Å². The molecule has 0 bridgehead atoms. The van der Waals surface area contributed by atoms with Crippen LogP contribution < -0.4 is 0 Å². The van der Waals surface area contributed by atoms with Gasteiger partial charge in [0.2, 0.25) is 0 Å². The number of allylic oxidation sites excluding steroid dienone is 1. The summed E-state index contributed by atoms with van der Waals surface area (Å²) >= 11 is 0. The molecule has 2 aromatic rings. The second-order valence-electron chi connectivity index (χ2n) is 9.68. The zero-order valence-corrected chi connectivity index (χ0v) is 18.0. The van der Waals surface area contributed by atoms with E-state index < -0.39 is 0 Å². The predicted molar refractivity (Wildman–Crippen MR) is 114 cm³/mol. The van der Waals surface area contributed by atoms with Gasteiger partial charge in [0.15, 0.2) is 0 Å². The van der Waals surface area contributed by atoms with E-state index in [-0.39, 0.29) is 40.9 Å². The fourth-order valence-electron chi connectivity index (χ4n) is 5.97. The molecule has 1 saturated heterocycles. The zero-order chi connectivity index (χ0) is 21.6. The van der Waals surface area contributed by atoms with Gasteiger partial charge in [-0.05, 0) is 61.8 Å². The second kappa shape index (κ2) is 7.40. The van der Waals surface area contributed by atoms with Crippen molar-refractivity contribution in [2.24, 2.45) is 16.7 Å². The van der Waals surface area contributed by atoms with Crippen molar-refractivity contribution in [1.29, 1.82) is 0 Å². The summed E-state index contributed by atoms with van der Waals surface area (Å²) < 4.78 is 16.9. The molecule has 1 saturated carbocycles. The Bertz CT molecular complexity index is 1010. The fraction of sp³-hybridized carbons (Fsp3) is 0.462. The lowest BCUT2D eigenvalue weighted by Gasteiger charge is -2.56. The van der Waals surface area contributed by atoms with E-state index in [0.717, 1.165) is 31.2 Å². The first kappa shape index (κ1) is 20.1. The number of fused-ring (bicyclic) bond motifs is 3. The molecule has 5 atom stereocenters. The molecule has 1 aromatic heterocycles. The normalized spacial score (nSPS) is 34.7. The maximum absolute atomic E-state index is 13.0. The SMILES string of the molecule is C[C@]12CC[C@H](OC(=O)c3ccccc3)C=C1[C@@]1(C)C[C@@H](c3ccoc3)OC(=O)[C@@H]1CC2. The summed E-state index contributed by atoms with van der Waals surface area (Å²) in [6, 6.07) is 11.0. The molecule has 162 valence electrons. The molecule has 5 heteroatoms. The average Bonchev–Trinajstić information content (AvgIpc) is 3.30. The van der Waals surface area contributed by atoms with Crippen molar-refractivity contribution in [2.45, 2.75) is 58.2 Å². The van der Waals surface area contributed by atoms with Gasteiger partial charge in [-0.3, -0.25) is 4.79 Å². The van der Waals surface area contributed by atoms with Crippen molar-refractivity contribution in [3.05, 3.63) is 71.7 Å². The highest BCUT2D eigenvalue weighted by molar-refractivity contribution is 5.89. The van der Waals surface area contributed by atoms with Crippen LogP contribution in [-0.4, -0.2) is 18.0 Å². The van der Waals surface area contributed by atoms with Gasteiger partial charge in [-0.1, -0.05) is 37.6 Å². The summed E-state index contributed by atoms with van der Waals surface area (Å²) in [5.74, 6) is -0.604. The molecule has 1 aromatic carbocycles. The minimum atomic E-state index is -0.331. The van der Waals surface area contributed by atoms with E-state index in [1.807, 2.05) is 24.3 Å². The Morgan fingerprint density at radius 2 is 1.87 bits per heavy atom. The van der Waals surface area contributed by atoms with Gasteiger partial charge in [-0.15, -0.1) is 0 Å². The highest BCUT2D eigenvalue weighted by atomic mass is 16.5. The van der Waals surface area contributed by atoms with E-state index in [2.05, 4.69) is 19.9 Å². The Hall–Kier alpha value is -2.82. The predicted octanol–water partition coefficient (Wildman–Crippen LogP) is 5.64. The molecule has 0 radical (unpaired) electrons. The molecule has 5 nitrogen and oxygen atoms in total. The van der Waals surface area contributed by atoms with Crippen molar-refractivity contribution in [3.8, 4) is 0 Å². The summed E-state index contributed by atoms with van der Waals surface area (Å²) in [6.07, 6.45) is 9.05. The molecular formula is C26H28O5. The van der Waals surface area contributed by atoms with Crippen LogP contribution in [0.15, 0.2) is 65.0 Å². The van der Waals surface area contributed by atoms with Crippen LogP contribution in [0.2, 0.25) is 0 Å². The van der Waals surface area contributed by atoms with Gasteiger partial charge in [0.05, 0.1) is 24.0 Å². The number of hydrogen-bond acceptors (Lipinski definition) is 5. The molecule has 2 aliphatic carbocycles. The van der Waals surface area contributed by atoms with Crippen molar-refractivity contribution in [1.82, 2.24) is 0 Å². The van der Waals surface area contributed by atoms with E-state index in [9.17, 15) is 9.59 Å². The maximum Gasteiger partial charge on any atom is 0.338 e. The van der Waals surface area contributed by atoms with E-state index in [1.165, 1.54) is 5.57 Å². The van der Waals surface area contributed by atoms with Gasteiger partial charge < -0.3 is 13.9 Å². The smallest absolute Gasteiger partial charge is 0.338 e. The number of carbonyl (C=O) groups excluding carboxylic acids is 2. The molecule has 0 amide bonds. The first-order valence-corrected chi connectivity index (χ1v) is 11.1. The molecule has 0 unspecified atom stereocenters. The summed E-state index contributed by atoms with van der Waals surface area (Å²) in [6.45, 7) is 4.48. The van der Waals surface area contributed by atoms with Crippen LogP contribution in [0.4, 0.5) is 0 Å². The second-order valence-corrected chi connectivity index (χ2v) is 9.68. The topological polar surface area (TPSA) is 65.7 Å². The Labute approximate surface area is 182 Å². The van der Waals surface area contributed by atoms with E-state index in [0.29, 0.717) is 12.0 Å². The highest BCUT2D eigenvalue weighted by Crippen LogP contribution is 2.62. The minimum Gasteiger partial charge on any atom is -0.472 e. The summed E-state index contributed by atoms with van der Waals surface area (Å²) in [4.78, 5) is 25.6. The third kappa shape index (κ3) is 3.40. The third-order valence-corrected chi connectivity index (χ3v) is 7.69. The first-order valence-electron chi connectivity index (χ1n) is 11.1. The number of ether oxygens (including phenoxy) is 2. The highest BCUT2D eigenvalue weighted by Gasteiger charge is 2.57. The maximum atomic E-state index is 13.0. The Morgan fingerprint density at radius 3 is 2.61 bits per heavy atom. The van der Waals surface area contributed by atoms with Crippen LogP contribution in [0.3, 0.4) is 0 Å². The number of rotatable bonds is 3. The van der Waals surface area contributed by atoms with E-state index in [1.54, 1.807) is 24.7 Å². The molecule has 0 spiro atoms. The number of esters is 2. The van der Waals surface area contributed by atoms with Gasteiger partial charge in [0.1, 0.15) is 12.2 Å². The molecule has 5 rings (SSSR count). The van der Waals surface area contributed by atoms with E-state index in [4.69, 9.17) is 13.9 Å². The van der Waals surface area contributed by atoms with Crippen molar-refractivity contribution in [3.63, 3.8) is 0 Å². The third-order valence-electron chi connectivity index (χ3n) is 7.69. The number of carbonyl (C=O) groups is 2. The Balaban J connectivity index is 1.46.